The second-order valence-corrected chi connectivity index (χ2v) is 6.81. The molecule has 0 unspecified atom stereocenters. The number of nitro benzene ring substituents is 1. The summed E-state index contributed by atoms with van der Waals surface area (Å²) in [7, 11) is 0. The number of anilines is 1. The highest BCUT2D eigenvalue weighted by Gasteiger charge is 2.28. The highest BCUT2D eigenvalue weighted by Crippen LogP contribution is 2.27. The van der Waals surface area contributed by atoms with E-state index in [1.54, 1.807) is 55.5 Å². The van der Waals surface area contributed by atoms with Gasteiger partial charge < -0.3 is 10.1 Å². The van der Waals surface area contributed by atoms with Gasteiger partial charge in [-0.25, -0.2) is 4.79 Å². The number of ketones is 1. The molecule has 3 rings (SSSR count). The molecule has 0 aromatic heterocycles. The fourth-order valence-corrected chi connectivity index (χ4v) is 2.98. The molecule has 8 heteroatoms. The SMILES string of the molecule is CCC(=O)Nc1ccccc1C(=O)O[C@@H](C(=O)c1ccccc1)c1ccc([N+](=O)[O-])cc1. The van der Waals surface area contributed by atoms with Crippen LogP contribution in [0, 0.1) is 10.1 Å². The van der Waals surface area contributed by atoms with Crippen LogP contribution in [0.2, 0.25) is 0 Å². The predicted molar refractivity (Wildman–Crippen MR) is 117 cm³/mol. The first-order chi connectivity index (χ1) is 15.4. The molecule has 0 aliphatic heterocycles. The topological polar surface area (TPSA) is 116 Å². The Balaban J connectivity index is 1.96. The maximum atomic E-state index is 13.2. The zero-order chi connectivity index (χ0) is 23.1. The van der Waals surface area contributed by atoms with Crippen molar-refractivity contribution in [1.29, 1.82) is 0 Å². The molecule has 0 saturated carbocycles. The van der Waals surface area contributed by atoms with E-state index in [0.29, 0.717) is 5.56 Å². The van der Waals surface area contributed by atoms with Crippen LogP contribution in [-0.4, -0.2) is 22.6 Å². The van der Waals surface area contributed by atoms with Crippen molar-refractivity contribution >= 4 is 29.0 Å². The van der Waals surface area contributed by atoms with Crippen molar-refractivity contribution in [2.45, 2.75) is 19.4 Å². The Morgan fingerprint density at radius 1 is 0.938 bits per heavy atom. The van der Waals surface area contributed by atoms with Crippen molar-refractivity contribution in [3.05, 3.63) is 106 Å². The van der Waals surface area contributed by atoms with Gasteiger partial charge in [0.05, 0.1) is 16.2 Å². The summed E-state index contributed by atoms with van der Waals surface area (Å²) in [6.45, 7) is 1.68. The summed E-state index contributed by atoms with van der Waals surface area (Å²) in [6, 6.07) is 19.8. The lowest BCUT2D eigenvalue weighted by Crippen LogP contribution is -2.21. The standard InChI is InChI=1S/C24H20N2O6/c1-2-21(27)25-20-11-7-6-10-19(20)24(29)32-23(22(28)16-8-4-3-5-9-16)17-12-14-18(15-13-17)26(30)31/h3-15,23H,2H2,1H3,(H,25,27)/t23-/m1/s1. The molecule has 1 atom stereocenters. The number of ether oxygens (including phenoxy) is 1. The Morgan fingerprint density at radius 2 is 1.56 bits per heavy atom. The smallest absolute Gasteiger partial charge is 0.341 e. The summed E-state index contributed by atoms with van der Waals surface area (Å²) in [4.78, 5) is 48.4. The van der Waals surface area contributed by atoms with E-state index in [1.165, 1.54) is 30.3 Å². The summed E-state index contributed by atoms with van der Waals surface area (Å²) < 4.78 is 5.59. The zero-order valence-electron chi connectivity index (χ0n) is 17.2. The molecule has 0 spiro atoms. The van der Waals surface area contributed by atoms with Gasteiger partial charge in [-0.1, -0.05) is 49.4 Å². The molecule has 162 valence electrons. The first-order valence-electron chi connectivity index (χ1n) is 9.84. The van der Waals surface area contributed by atoms with Crippen molar-refractivity contribution < 1.29 is 24.0 Å². The van der Waals surface area contributed by atoms with Crippen LogP contribution < -0.4 is 5.32 Å². The normalized spacial score (nSPS) is 11.3. The highest BCUT2D eigenvalue weighted by molar-refractivity contribution is 6.04. The third kappa shape index (κ3) is 5.23. The molecule has 8 nitrogen and oxygen atoms in total. The number of nitro groups is 1. The van der Waals surface area contributed by atoms with Crippen molar-refractivity contribution in [3.8, 4) is 0 Å². The van der Waals surface area contributed by atoms with Crippen LogP contribution in [-0.2, 0) is 9.53 Å². The molecular weight excluding hydrogens is 412 g/mol. The van der Waals surface area contributed by atoms with Gasteiger partial charge >= 0.3 is 5.97 Å². The number of nitrogens with one attached hydrogen (secondary N) is 1. The number of benzene rings is 3. The summed E-state index contributed by atoms with van der Waals surface area (Å²) in [6.07, 6.45) is -1.11. The monoisotopic (exact) mass is 432 g/mol. The molecule has 1 amide bonds. The molecule has 0 radical (unpaired) electrons. The third-order valence-corrected chi connectivity index (χ3v) is 4.67. The van der Waals surface area contributed by atoms with Gasteiger partial charge in [-0.2, -0.15) is 0 Å². The predicted octanol–water partition coefficient (Wildman–Crippen LogP) is 4.72. The minimum atomic E-state index is -1.33. The number of Topliss-reactive ketones (excluding diaryl/α,β-unsaturated/α-hetero) is 1. The molecule has 0 fully saturated rings. The van der Waals surface area contributed by atoms with E-state index < -0.39 is 22.8 Å². The van der Waals surface area contributed by atoms with E-state index in [4.69, 9.17) is 4.74 Å². The highest BCUT2D eigenvalue weighted by atomic mass is 16.6. The van der Waals surface area contributed by atoms with E-state index in [9.17, 15) is 24.5 Å². The van der Waals surface area contributed by atoms with E-state index in [0.717, 1.165) is 0 Å². The maximum absolute atomic E-state index is 13.2. The molecule has 0 saturated heterocycles. The molecule has 3 aromatic carbocycles. The second kappa shape index (κ2) is 10.1. The lowest BCUT2D eigenvalue weighted by atomic mass is 9.99. The van der Waals surface area contributed by atoms with E-state index in [2.05, 4.69) is 5.32 Å². The largest absolute Gasteiger partial charge is 0.445 e. The lowest BCUT2D eigenvalue weighted by molar-refractivity contribution is -0.384. The number of para-hydroxylation sites is 1. The van der Waals surface area contributed by atoms with Crippen molar-refractivity contribution in [2.75, 3.05) is 5.32 Å². The number of esters is 1. The van der Waals surface area contributed by atoms with Crippen LogP contribution in [0.15, 0.2) is 78.9 Å². The number of carbonyl (C=O) groups is 3. The minimum Gasteiger partial charge on any atom is -0.445 e. The van der Waals surface area contributed by atoms with Gasteiger partial charge in [-0.05, 0) is 24.3 Å². The number of non-ortho nitro benzene ring substituents is 1. The van der Waals surface area contributed by atoms with E-state index in [1.807, 2.05) is 0 Å². The Bertz CT molecular complexity index is 1140. The van der Waals surface area contributed by atoms with Crippen LogP contribution in [0.3, 0.4) is 0 Å². The number of rotatable bonds is 8. The number of carbonyl (C=O) groups excluding carboxylic acids is 3. The van der Waals surface area contributed by atoms with Crippen LogP contribution in [0.5, 0.6) is 0 Å². The first kappa shape index (κ1) is 22.4. The van der Waals surface area contributed by atoms with Gasteiger partial charge in [-0.3, -0.25) is 19.7 Å². The minimum absolute atomic E-state index is 0.0853. The Morgan fingerprint density at radius 3 is 2.19 bits per heavy atom. The fraction of sp³-hybridized carbons (Fsp3) is 0.125. The van der Waals surface area contributed by atoms with Crippen LogP contribution >= 0.6 is 0 Å². The van der Waals surface area contributed by atoms with Crippen molar-refractivity contribution in [3.63, 3.8) is 0 Å². The summed E-state index contributed by atoms with van der Waals surface area (Å²) in [5.41, 5.74) is 0.795. The van der Waals surface area contributed by atoms with E-state index in [-0.39, 0.29) is 34.8 Å². The maximum Gasteiger partial charge on any atom is 0.341 e. The molecule has 3 aromatic rings. The number of nitrogens with zero attached hydrogens (tertiary/aromatic N) is 1. The first-order valence-corrected chi connectivity index (χ1v) is 9.84. The molecule has 0 bridgehead atoms. The number of hydrogen-bond acceptors (Lipinski definition) is 6. The fourth-order valence-electron chi connectivity index (χ4n) is 2.98. The van der Waals surface area contributed by atoms with Gasteiger partial charge in [0.15, 0.2) is 6.10 Å². The lowest BCUT2D eigenvalue weighted by Gasteiger charge is -2.18. The van der Waals surface area contributed by atoms with Gasteiger partial charge in [0.2, 0.25) is 11.7 Å². The molecule has 1 N–H and O–H groups in total. The number of hydrogen-bond donors (Lipinski definition) is 1. The summed E-state index contributed by atoms with van der Waals surface area (Å²) in [5, 5.41) is 13.6. The van der Waals surface area contributed by atoms with Crippen LogP contribution in [0.4, 0.5) is 11.4 Å². The molecule has 32 heavy (non-hydrogen) atoms. The molecular formula is C24H20N2O6. The summed E-state index contributed by atoms with van der Waals surface area (Å²) in [5.74, 6) is -1.58. The zero-order valence-corrected chi connectivity index (χ0v) is 17.2. The number of amides is 1. The Labute approximate surface area is 184 Å². The molecule has 0 heterocycles. The van der Waals surface area contributed by atoms with Crippen molar-refractivity contribution in [2.24, 2.45) is 0 Å². The van der Waals surface area contributed by atoms with Gasteiger partial charge in [0, 0.05) is 29.7 Å². The second-order valence-electron chi connectivity index (χ2n) is 6.81. The summed E-state index contributed by atoms with van der Waals surface area (Å²) >= 11 is 0. The third-order valence-electron chi connectivity index (χ3n) is 4.67. The van der Waals surface area contributed by atoms with Crippen LogP contribution in [0.1, 0.15) is 45.7 Å². The Hall–Kier alpha value is -4.33. The van der Waals surface area contributed by atoms with Crippen molar-refractivity contribution in [1.82, 2.24) is 0 Å². The van der Waals surface area contributed by atoms with E-state index >= 15 is 0 Å². The average Bonchev–Trinajstić information content (AvgIpc) is 2.82. The van der Waals surface area contributed by atoms with Gasteiger partial charge in [-0.15, -0.1) is 0 Å². The molecule has 0 aliphatic rings. The van der Waals surface area contributed by atoms with Gasteiger partial charge in [0.25, 0.3) is 5.69 Å². The quantitative estimate of drug-likeness (QED) is 0.238. The Kier molecular flexibility index (Phi) is 7.07. The van der Waals surface area contributed by atoms with Gasteiger partial charge in [0.1, 0.15) is 0 Å². The average molecular weight is 432 g/mol. The molecule has 0 aliphatic carbocycles. The van der Waals surface area contributed by atoms with Crippen LogP contribution in [0.25, 0.3) is 0 Å².